The van der Waals surface area contributed by atoms with E-state index in [1.54, 1.807) is 10.9 Å². The number of phenols is 1. The fourth-order valence-electron chi connectivity index (χ4n) is 3.43. The van der Waals surface area contributed by atoms with E-state index in [4.69, 9.17) is 9.47 Å². The summed E-state index contributed by atoms with van der Waals surface area (Å²) in [6.45, 7) is 0. The van der Waals surface area contributed by atoms with Gasteiger partial charge in [-0.1, -0.05) is 24.3 Å². The molecule has 0 radical (unpaired) electrons. The third-order valence-electron chi connectivity index (χ3n) is 5.54. The third kappa shape index (κ3) is 8.24. The molecule has 0 heterocycles. The molecule has 0 saturated heterocycles. The fourth-order valence-corrected chi connectivity index (χ4v) is 3.43. The lowest BCUT2D eigenvalue weighted by molar-refractivity contribution is -0.159. The van der Waals surface area contributed by atoms with Crippen molar-refractivity contribution in [3.8, 4) is 5.75 Å². The zero-order valence-corrected chi connectivity index (χ0v) is 21.6. The Hall–Kier alpha value is -5.61. The lowest BCUT2D eigenvalue weighted by Gasteiger charge is -2.24. The highest BCUT2D eigenvalue weighted by Gasteiger charge is 2.42. The van der Waals surface area contributed by atoms with Gasteiger partial charge in [-0.3, -0.25) is 20.4 Å². The van der Waals surface area contributed by atoms with Gasteiger partial charge in [0.2, 0.25) is 12.2 Å². The molecule has 0 saturated carbocycles. The number of rotatable bonds is 8. The molecule has 0 aromatic heterocycles. The Bertz CT molecular complexity index is 1590. The Morgan fingerprint density at radius 3 is 1.59 bits per heavy atom. The van der Waals surface area contributed by atoms with Gasteiger partial charge in [-0.25, -0.2) is 14.4 Å². The second-order valence-electron chi connectivity index (χ2n) is 8.61. The van der Waals surface area contributed by atoms with E-state index < -0.39 is 87.8 Å². The first kappa shape index (κ1) is 32.9. The topological polar surface area (TPSA) is 168 Å². The number of hydrogen-bond acceptors (Lipinski definition) is 8. The van der Waals surface area contributed by atoms with E-state index >= 15 is 0 Å². The molecule has 0 spiro atoms. The minimum Gasteiger partial charge on any atom is -0.507 e. The van der Waals surface area contributed by atoms with Crippen LogP contribution in [0.15, 0.2) is 72.8 Å². The molecular formula is C27H18F6N2O9. The number of halogens is 6. The van der Waals surface area contributed by atoms with Gasteiger partial charge in [-0.2, -0.15) is 26.3 Å². The molecule has 3 rings (SSSR count). The number of alkyl halides is 6. The van der Waals surface area contributed by atoms with Crippen LogP contribution in [-0.2, 0) is 31.4 Å². The first-order chi connectivity index (χ1) is 20.5. The van der Waals surface area contributed by atoms with Gasteiger partial charge in [0.25, 0.3) is 11.8 Å². The van der Waals surface area contributed by atoms with E-state index in [9.17, 15) is 60.5 Å². The smallest absolute Gasteiger partial charge is 0.416 e. The first-order valence-corrected chi connectivity index (χ1v) is 11.9. The molecule has 0 aliphatic carbocycles. The Morgan fingerprint density at radius 1 is 0.659 bits per heavy atom. The Morgan fingerprint density at radius 2 is 1.14 bits per heavy atom. The number of para-hydroxylation sites is 1. The summed E-state index contributed by atoms with van der Waals surface area (Å²) in [5.74, 6) is -9.07. The molecule has 0 unspecified atom stereocenters. The Kier molecular flexibility index (Phi) is 9.82. The van der Waals surface area contributed by atoms with Gasteiger partial charge in [-0.05, 0) is 48.5 Å². The van der Waals surface area contributed by atoms with Crippen molar-refractivity contribution in [1.82, 2.24) is 10.9 Å². The number of esters is 2. The van der Waals surface area contributed by atoms with Gasteiger partial charge in [0.1, 0.15) is 5.75 Å². The largest absolute Gasteiger partial charge is 0.507 e. The molecule has 0 aliphatic rings. The maximum atomic E-state index is 13.1. The van der Waals surface area contributed by atoms with E-state index in [0.29, 0.717) is 24.3 Å². The Labute approximate surface area is 242 Å². The minimum absolute atomic E-state index is 0.303. The van der Waals surface area contributed by atoms with E-state index in [1.807, 2.05) is 0 Å². The molecule has 0 fully saturated rings. The maximum Gasteiger partial charge on any atom is 0.416 e. The van der Waals surface area contributed by atoms with Gasteiger partial charge in [0.15, 0.2) is 0 Å². The molecule has 0 aliphatic heterocycles. The zero-order chi connectivity index (χ0) is 32.8. The van der Waals surface area contributed by atoms with Crippen LogP contribution in [0, 0.1) is 0 Å². The van der Waals surface area contributed by atoms with Crippen molar-refractivity contribution >= 4 is 29.7 Å². The van der Waals surface area contributed by atoms with Crippen molar-refractivity contribution in [2.75, 3.05) is 0 Å². The predicted octanol–water partition coefficient (Wildman–Crippen LogP) is 3.73. The van der Waals surface area contributed by atoms with Crippen LogP contribution in [0.4, 0.5) is 26.3 Å². The molecular weight excluding hydrogens is 610 g/mol. The van der Waals surface area contributed by atoms with E-state index in [-0.39, 0.29) is 0 Å². The van der Waals surface area contributed by atoms with Gasteiger partial charge in [0.05, 0.1) is 27.8 Å². The molecule has 3 aromatic carbocycles. The van der Waals surface area contributed by atoms with E-state index in [1.165, 1.54) is 12.1 Å². The number of benzene rings is 3. The Balaban J connectivity index is 1.93. The molecule has 11 nitrogen and oxygen atoms in total. The molecule has 4 N–H and O–H groups in total. The molecule has 0 bridgehead atoms. The van der Waals surface area contributed by atoms with Gasteiger partial charge in [-0.15, -0.1) is 0 Å². The SMILES string of the molecule is O=C(O[C@@H](C(=O)O)[C@@H](OC(=O)c1cccc(C(F)(F)F)c1)C(=O)NNC(=O)c1ccccc1O)c1cccc(C(F)(F)F)c1. The van der Waals surface area contributed by atoms with Crippen molar-refractivity contribution in [2.45, 2.75) is 24.6 Å². The summed E-state index contributed by atoms with van der Waals surface area (Å²) in [6, 6.07) is 9.89. The van der Waals surface area contributed by atoms with Gasteiger partial charge < -0.3 is 19.7 Å². The molecule has 2 amide bonds. The molecule has 44 heavy (non-hydrogen) atoms. The summed E-state index contributed by atoms with van der Waals surface area (Å²) in [5.41, 5.74) is -1.27. The number of carbonyl (C=O) groups excluding carboxylic acids is 4. The summed E-state index contributed by atoms with van der Waals surface area (Å²) in [4.78, 5) is 62.7. The lowest BCUT2D eigenvalue weighted by atomic mass is 10.1. The van der Waals surface area contributed by atoms with Crippen LogP contribution < -0.4 is 10.9 Å². The van der Waals surface area contributed by atoms with E-state index in [0.717, 1.165) is 36.4 Å². The normalized spacial score (nSPS) is 12.8. The number of aromatic hydroxyl groups is 1. The standard InChI is InChI=1S/C27H18F6N2O9/c28-26(29,30)15-7-3-5-13(11-15)24(41)43-19(22(38)35-34-21(37)17-9-1-2-10-18(17)36)20(23(39)40)44-25(42)14-6-4-8-16(12-14)27(31,32)33/h1-12,19-20,36H,(H,34,37)(H,35,38)(H,39,40)/t19-,20-/m1/s1. The summed E-state index contributed by atoms with van der Waals surface area (Å²) in [7, 11) is 0. The third-order valence-corrected chi connectivity index (χ3v) is 5.54. The minimum atomic E-state index is -4.93. The monoisotopic (exact) mass is 628 g/mol. The summed E-state index contributed by atoms with van der Waals surface area (Å²) < 4.78 is 88.1. The number of carboxylic acids is 1. The van der Waals surface area contributed by atoms with Crippen molar-refractivity contribution in [3.05, 3.63) is 101 Å². The van der Waals surface area contributed by atoms with Crippen LogP contribution in [0.25, 0.3) is 0 Å². The first-order valence-electron chi connectivity index (χ1n) is 11.9. The highest BCUT2D eigenvalue weighted by Crippen LogP contribution is 2.31. The highest BCUT2D eigenvalue weighted by molar-refractivity contribution is 6.00. The van der Waals surface area contributed by atoms with Crippen LogP contribution in [0.3, 0.4) is 0 Å². The number of hydrazine groups is 1. The number of amides is 2. The van der Waals surface area contributed by atoms with Crippen LogP contribution in [-0.4, -0.2) is 52.1 Å². The van der Waals surface area contributed by atoms with Gasteiger partial charge in [0, 0.05) is 0 Å². The van der Waals surface area contributed by atoms with Crippen LogP contribution in [0.2, 0.25) is 0 Å². The number of carboxylic acid groups (broad SMARTS) is 1. The highest BCUT2D eigenvalue weighted by atomic mass is 19.4. The van der Waals surface area contributed by atoms with Crippen molar-refractivity contribution < 1.29 is 70.0 Å². The second kappa shape index (κ2) is 13.1. The van der Waals surface area contributed by atoms with Crippen molar-refractivity contribution in [2.24, 2.45) is 0 Å². The number of ether oxygens (including phenoxy) is 2. The van der Waals surface area contributed by atoms with Crippen molar-refractivity contribution in [1.29, 1.82) is 0 Å². The number of carbonyl (C=O) groups is 5. The number of hydrogen-bond donors (Lipinski definition) is 4. The summed E-state index contributed by atoms with van der Waals surface area (Å²) in [6.07, 6.45) is -15.4. The number of phenolic OH excluding ortho intramolecular Hbond substituents is 1. The fraction of sp³-hybridized carbons (Fsp3) is 0.148. The molecule has 232 valence electrons. The molecule has 17 heteroatoms. The van der Waals surface area contributed by atoms with Crippen LogP contribution in [0.5, 0.6) is 5.75 Å². The lowest BCUT2D eigenvalue weighted by Crippen LogP contribution is -2.54. The van der Waals surface area contributed by atoms with Crippen LogP contribution >= 0.6 is 0 Å². The second-order valence-corrected chi connectivity index (χ2v) is 8.61. The molecule has 3 aromatic rings. The van der Waals surface area contributed by atoms with E-state index in [2.05, 4.69) is 0 Å². The van der Waals surface area contributed by atoms with Crippen molar-refractivity contribution in [3.63, 3.8) is 0 Å². The summed E-state index contributed by atoms with van der Waals surface area (Å²) in [5, 5.41) is 19.5. The predicted molar refractivity (Wildman–Crippen MR) is 133 cm³/mol. The average molecular weight is 628 g/mol. The number of aliphatic carboxylic acids is 1. The summed E-state index contributed by atoms with van der Waals surface area (Å²) >= 11 is 0. The maximum absolute atomic E-state index is 13.1. The molecule has 2 atom stereocenters. The van der Waals surface area contributed by atoms with Gasteiger partial charge >= 0.3 is 30.3 Å². The number of nitrogens with one attached hydrogen (secondary N) is 2. The van der Waals surface area contributed by atoms with Crippen LogP contribution in [0.1, 0.15) is 42.2 Å². The zero-order valence-electron chi connectivity index (χ0n) is 21.6. The average Bonchev–Trinajstić information content (AvgIpc) is 2.96. The quantitative estimate of drug-likeness (QED) is 0.165.